The summed E-state index contributed by atoms with van der Waals surface area (Å²) in [6.45, 7) is 6.57. The number of hydrogen-bond donors (Lipinski definition) is 1. The van der Waals surface area contributed by atoms with Gasteiger partial charge in [-0.25, -0.2) is 0 Å². The number of amides is 1. The van der Waals surface area contributed by atoms with Crippen molar-refractivity contribution in [3.63, 3.8) is 0 Å². The second-order valence-electron chi connectivity index (χ2n) is 5.95. The van der Waals surface area contributed by atoms with Crippen LogP contribution in [0.3, 0.4) is 0 Å². The van der Waals surface area contributed by atoms with E-state index in [1.165, 1.54) is 32.1 Å². The molecule has 2 rings (SSSR count). The van der Waals surface area contributed by atoms with Crippen molar-refractivity contribution < 1.29 is 4.79 Å². The fourth-order valence-corrected chi connectivity index (χ4v) is 3.79. The average Bonchev–Trinajstić information content (AvgIpc) is 2.65. The second kappa shape index (κ2) is 6.05. The highest BCUT2D eigenvalue weighted by Gasteiger charge is 2.42. The largest absolute Gasteiger partial charge is 0.323 e. The van der Waals surface area contributed by atoms with E-state index in [9.17, 15) is 4.79 Å². The average molecular weight is 252 g/mol. The highest BCUT2D eigenvalue weighted by molar-refractivity contribution is 5.84. The van der Waals surface area contributed by atoms with Crippen LogP contribution in [0.2, 0.25) is 0 Å². The standard InChI is InChI=1S/C15H28N2O/c1-4-8-13-15(18)17(11(3)16-13)14-10-7-6-9-12(14)5-2/h11-14,16H,4-10H2,1-3H3. The van der Waals surface area contributed by atoms with Crippen molar-refractivity contribution >= 4 is 5.91 Å². The van der Waals surface area contributed by atoms with Crippen molar-refractivity contribution in [2.45, 2.75) is 84.0 Å². The van der Waals surface area contributed by atoms with Crippen molar-refractivity contribution in [2.75, 3.05) is 0 Å². The molecule has 18 heavy (non-hydrogen) atoms. The van der Waals surface area contributed by atoms with Gasteiger partial charge in [-0.2, -0.15) is 0 Å². The Hall–Kier alpha value is -0.570. The third-order valence-corrected chi connectivity index (χ3v) is 4.74. The van der Waals surface area contributed by atoms with E-state index in [1.807, 2.05) is 0 Å². The molecule has 1 N–H and O–H groups in total. The highest BCUT2D eigenvalue weighted by Crippen LogP contribution is 2.33. The van der Waals surface area contributed by atoms with Gasteiger partial charge in [0, 0.05) is 6.04 Å². The van der Waals surface area contributed by atoms with Crippen LogP contribution in [0.25, 0.3) is 0 Å². The topological polar surface area (TPSA) is 32.3 Å². The van der Waals surface area contributed by atoms with E-state index in [1.54, 1.807) is 0 Å². The van der Waals surface area contributed by atoms with Crippen LogP contribution in [-0.4, -0.2) is 29.1 Å². The second-order valence-corrected chi connectivity index (χ2v) is 5.95. The number of hydrogen-bond acceptors (Lipinski definition) is 2. The lowest BCUT2D eigenvalue weighted by molar-refractivity contribution is -0.134. The molecule has 3 heteroatoms. The summed E-state index contributed by atoms with van der Waals surface area (Å²) in [6.07, 6.45) is 8.62. The molecule has 0 aromatic heterocycles. The predicted octanol–water partition coefficient (Wildman–Crippen LogP) is 2.90. The van der Waals surface area contributed by atoms with Crippen molar-refractivity contribution in [1.82, 2.24) is 10.2 Å². The molecule has 0 spiro atoms. The molecule has 2 aliphatic rings. The molecular formula is C15H28N2O. The Balaban J connectivity index is 2.08. The predicted molar refractivity (Wildman–Crippen MR) is 74.2 cm³/mol. The maximum Gasteiger partial charge on any atom is 0.241 e. The highest BCUT2D eigenvalue weighted by atomic mass is 16.2. The van der Waals surface area contributed by atoms with Crippen LogP contribution < -0.4 is 5.32 Å². The Labute approximate surface area is 111 Å². The molecule has 1 aliphatic carbocycles. The number of carbonyl (C=O) groups excluding carboxylic acids is 1. The van der Waals surface area contributed by atoms with E-state index >= 15 is 0 Å². The summed E-state index contributed by atoms with van der Waals surface area (Å²) in [4.78, 5) is 14.7. The lowest BCUT2D eigenvalue weighted by Gasteiger charge is -2.39. The van der Waals surface area contributed by atoms with Crippen molar-refractivity contribution in [2.24, 2.45) is 5.92 Å². The van der Waals surface area contributed by atoms with Crippen LogP contribution >= 0.6 is 0 Å². The monoisotopic (exact) mass is 252 g/mol. The van der Waals surface area contributed by atoms with E-state index in [4.69, 9.17) is 0 Å². The van der Waals surface area contributed by atoms with E-state index in [2.05, 4.69) is 31.0 Å². The Bertz CT molecular complexity index is 292. The molecule has 0 aromatic rings. The molecule has 104 valence electrons. The zero-order chi connectivity index (χ0) is 13.1. The smallest absolute Gasteiger partial charge is 0.241 e. The van der Waals surface area contributed by atoms with Gasteiger partial charge in [-0.05, 0) is 32.1 Å². The van der Waals surface area contributed by atoms with Gasteiger partial charge in [-0.15, -0.1) is 0 Å². The molecule has 4 unspecified atom stereocenters. The third-order valence-electron chi connectivity index (χ3n) is 4.74. The Morgan fingerprint density at radius 1 is 1.28 bits per heavy atom. The first-order chi connectivity index (χ1) is 8.69. The number of rotatable bonds is 4. The van der Waals surface area contributed by atoms with Crippen molar-refractivity contribution in [3.05, 3.63) is 0 Å². The molecule has 3 nitrogen and oxygen atoms in total. The van der Waals surface area contributed by atoms with Crippen LogP contribution in [-0.2, 0) is 4.79 Å². The summed E-state index contributed by atoms with van der Waals surface area (Å²) in [5, 5.41) is 3.47. The molecule has 2 fully saturated rings. The molecular weight excluding hydrogens is 224 g/mol. The van der Waals surface area contributed by atoms with Crippen LogP contribution in [0.15, 0.2) is 0 Å². The quantitative estimate of drug-likeness (QED) is 0.834. The first-order valence-electron chi connectivity index (χ1n) is 7.77. The molecule has 1 aliphatic heterocycles. The number of nitrogens with one attached hydrogen (secondary N) is 1. The first kappa shape index (κ1) is 13.9. The van der Waals surface area contributed by atoms with Gasteiger partial charge in [0.05, 0.1) is 12.2 Å². The Kier molecular flexibility index (Phi) is 4.66. The van der Waals surface area contributed by atoms with Crippen LogP contribution in [0.5, 0.6) is 0 Å². The van der Waals surface area contributed by atoms with Gasteiger partial charge in [-0.1, -0.05) is 39.5 Å². The molecule has 1 amide bonds. The first-order valence-corrected chi connectivity index (χ1v) is 7.77. The summed E-state index contributed by atoms with van der Waals surface area (Å²) in [7, 11) is 0. The number of carbonyl (C=O) groups is 1. The fraction of sp³-hybridized carbons (Fsp3) is 0.933. The lowest BCUT2D eigenvalue weighted by Crippen LogP contribution is -2.48. The van der Waals surface area contributed by atoms with Gasteiger partial charge in [0.25, 0.3) is 0 Å². The summed E-state index contributed by atoms with van der Waals surface area (Å²) in [6, 6.07) is 0.560. The van der Waals surface area contributed by atoms with Crippen LogP contribution in [0.4, 0.5) is 0 Å². The van der Waals surface area contributed by atoms with Gasteiger partial charge in [0.1, 0.15) is 0 Å². The zero-order valence-corrected chi connectivity index (χ0v) is 12.1. The minimum atomic E-state index is 0.0735. The van der Waals surface area contributed by atoms with Crippen molar-refractivity contribution in [1.29, 1.82) is 0 Å². The van der Waals surface area contributed by atoms with E-state index in [0.29, 0.717) is 17.9 Å². The van der Waals surface area contributed by atoms with Gasteiger partial charge in [0.15, 0.2) is 0 Å². The normalized spacial score (nSPS) is 37.3. The minimum absolute atomic E-state index is 0.0735. The maximum atomic E-state index is 12.5. The third kappa shape index (κ3) is 2.56. The lowest BCUT2D eigenvalue weighted by atomic mass is 9.81. The summed E-state index contributed by atoms with van der Waals surface area (Å²) in [5.41, 5.74) is 0. The minimum Gasteiger partial charge on any atom is -0.323 e. The molecule has 0 aromatic carbocycles. The summed E-state index contributed by atoms with van der Waals surface area (Å²) >= 11 is 0. The van der Waals surface area contributed by atoms with Crippen LogP contribution in [0.1, 0.15) is 65.7 Å². The van der Waals surface area contributed by atoms with Gasteiger partial charge < -0.3 is 4.90 Å². The Morgan fingerprint density at radius 3 is 2.67 bits per heavy atom. The fourth-order valence-electron chi connectivity index (χ4n) is 3.79. The van der Waals surface area contributed by atoms with E-state index < -0.39 is 0 Å². The molecule has 4 atom stereocenters. The summed E-state index contributed by atoms with van der Waals surface area (Å²) in [5.74, 6) is 1.07. The van der Waals surface area contributed by atoms with Gasteiger partial charge >= 0.3 is 0 Å². The van der Waals surface area contributed by atoms with Crippen molar-refractivity contribution in [3.8, 4) is 0 Å². The molecule has 0 bridgehead atoms. The van der Waals surface area contributed by atoms with E-state index in [0.717, 1.165) is 12.8 Å². The SMILES string of the molecule is CCCC1NC(C)N(C2CCCCC2CC)C1=O. The Morgan fingerprint density at radius 2 is 2.00 bits per heavy atom. The zero-order valence-electron chi connectivity index (χ0n) is 12.1. The number of nitrogens with zero attached hydrogens (tertiary/aromatic N) is 1. The molecule has 1 heterocycles. The van der Waals surface area contributed by atoms with E-state index in [-0.39, 0.29) is 12.2 Å². The van der Waals surface area contributed by atoms with Gasteiger partial charge in [-0.3, -0.25) is 10.1 Å². The maximum absolute atomic E-state index is 12.5. The molecule has 1 saturated carbocycles. The van der Waals surface area contributed by atoms with Gasteiger partial charge in [0.2, 0.25) is 5.91 Å². The molecule has 0 radical (unpaired) electrons. The summed E-state index contributed by atoms with van der Waals surface area (Å²) < 4.78 is 0. The van der Waals surface area contributed by atoms with Crippen LogP contribution in [0, 0.1) is 5.92 Å². The molecule has 1 saturated heterocycles.